The minimum absolute atomic E-state index is 0.163. The second kappa shape index (κ2) is 10.1. The molecule has 0 radical (unpaired) electrons. The molecule has 0 spiro atoms. The normalized spacial score (nSPS) is 10.9. The van der Waals surface area contributed by atoms with Crippen LogP contribution in [0.3, 0.4) is 0 Å². The van der Waals surface area contributed by atoms with Gasteiger partial charge in [-0.1, -0.05) is 18.2 Å². The summed E-state index contributed by atoms with van der Waals surface area (Å²) >= 11 is 0. The maximum atomic E-state index is 13.6. The monoisotopic (exact) mass is 450 g/mol. The Morgan fingerprint density at radius 2 is 1.67 bits per heavy atom. The second-order valence-corrected chi connectivity index (χ2v) is 7.16. The van der Waals surface area contributed by atoms with Gasteiger partial charge in [0.05, 0.1) is 31.2 Å². The molecule has 0 aliphatic carbocycles. The van der Waals surface area contributed by atoms with E-state index in [-0.39, 0.29) is 23.4 Å². The Bertz CT molecular complexity index is 1290. The summed E-state index contributed by atoms with van der Waals surface area (Å²) in [5.41, 5.74) is 1.74. The van der Waals surface area contributed by atoms with Crippen molar-refractivity contribution in [3.63, 3.8) is 0 Å². The Kier molecular flexibility index (Phi) is 6.80. The summed E-state index contributed by atoms with van der Waals surface area (Å²) in [4.78, 5) is 21.0. The number of halogens is 2. The van der Waals surface area contributed by atoms with Gasteiger partial charge in [-0.3, -0.25) is 4.79 Å². The zero-order valence-electron chi connectivity index (χ0n) is 17.7. The van der Waals surface area contributed by atoms with Crippen molar-refractivity contribution in [1.82, 2.24) is 19.7 Å². The number of ether oxygens (including phenoxy) is 2. The molecule has 0 N–H and O–H groups in total. The van der Waals surface area contributed by atoms with Crippen molar-refractivity contribution in [2.45, 2.75) is 6.54 Å². The molecule has 33 heavy (non-hydrogen) atoms. The number of hydrogen-bond acceptors (Lipinski definition) is 6. The highest BCUT2D eigenvalue weighted by molar-refractivity contribution is 5.58. The molecule has 2 aromatic carbocycles. The standard InChI is InChI=1S/C24H20F2N4O3/c1-32-7-8-33-21-13-27-24(28-14-21)17-4-2-3-16(9-17)15-30-23(31)6-5-22(29-30)18-10-19(25)12-20(26)11-18/h2-6,9-14H,7-8,15H2,1H3. The summed E-state index contributed by atoms with van der Waals surface area (Å²) < 4.78 is 38.8. The summed E-state index contributed by atoms with van der Waals surface area (Å²) in [6, 6.07) is 13.2. The Hall–Kier alpha value is -3.98. The third-order valence-corrected chi connectivity index (χ3v) is 4.73. The molecule has 0 bridgehead atoms. The van der Waals surface area contributed by atoms with E-state index in [4.69, 9.17) is 9.47 Å². The van der Waals surface area contributed by atoms with Gasteiger partial charge in [-0.05, 0) is 29.8 Å². The van der Waals surface area contributed by atoms with E-state index in [9.17, 15) is 13.6 Å². The summed E-state index contributed by atoms with van der Waals surface area (Å²) in [6.45, 7) is 1.03. The highest BCUT2D eigenvalue weighted by Crippen LogP contribution is 2.20. The number of rotatable bonds is 8. The molecular formula is C24H20F2N4O3. The first kappa shape index (κ1) is 22.2. The fraction of sp³-hybridized carbons (Fsp3) is 0.167. The van der Waals surface area contributed by atoms with E-state index in [1.165, 1.54) is 28.9 Å². The smallest absolute Gasteiger partial charge is 0.267 e. The molecular weight excluding hydrogens is 430 g/mol. The third kappa shape index (κ3) is 5.64. The first-order chi connectivity index (χ1) is 16.0. The van der Waals surface area contributed by atoms with Crippen LogP contribution in [0.2, 0.25) is 0 Å². The van der Waals surface area contributed by atoms with Crippen molar-refractivity contribution in [2.75, 3.05) is 20.3 Å². The van der Waals surface area contributed by atoms with E-state index in [2.05, 4.69) is 15.1 Å². The van der Waals surface area contributed by atoms with Crippen molar-refractivity contribution in [1.29, 1.82) is 0 Å². The lowest BCUT2D eigenvalue weighted by molar-refractivity contribution is 0.146. The van der Waals surface area contributed by atoms with Crippen molar-refractivity contribution >= 4 is 0 Å². The van der Waals surface area contributed by atoms with Gasteiger partial charge >= 0.3 is 0 Å². The minimum atomic E-state index is -0.715. The van der Waals surface area contributed by atoms with Crippen LogP contribution >= 0.6 is 0 Å². The average Bonchev–Trinajstić information content (AvgIpc) is 2.81. The lowest BCUT2D eigenvalue weighted by Gasteiger charge is -2.09. The summed E-state index contributed by atoms with van der Waals surface area (Å²) in [7, 11) is 1.59. The van der Waals surface area contributed by atoms with Gasteiger partial charge in [0, 0.05) is 30.4 Å². The lowest BCUT2D eigenvalue weighted by Crippen LogP contribution is -2.22. The molecule has 0 aliphatic heterocycles. The Morgan fingerprint density at radius 3 is 2.39 bits per heavy atom. The molecule has 2 aromatic heterocycles. The minimum Gasteiger partial charge on any atom is -0.488 e. The van der Waals surface area contributed by atoms with Crippen molar-refractivity contribution in [3.8, 4) is 28.4 Å². The SMILES string of the molecule is COCCOc1cnc(-c2cccc(Cn3nc(-c4cc(F)cc(F)c4)ccc3=O)c2)nc1. The molecule has 0 saturated heterocycles. The maximum Gasteiger partial charge on any atom is 0.267 e. The van der Waals surface area contributed by atoms with E-state index < -0.39 is 11.6 Å². The topological polar surface area (TPSA) is 79.1 Å². The fourth-order valence-corrected chi connectivity index (χ4v) is 3.18. The van der Waals surface area contributed by atoms with Crippen molar-refractivity contribution < 1.29 is 18.3 Å². The molecule has 2 heterocycles. The highest BCUT2D eigenvalue weighted by Gasteiger charge is 2.09. The predicted octanol–water partition coefficient (Wildman–Crippen LogP) is 3.72. The molecule has 0 aliphatic rings. The van der Waals surface area contributed by atoms with Gasteiger partial charge in [0.25, 0.3) is 5.56 Å². The maximum absolute atomic E-state index is 13.6. The number of benzene rings is 2. The zero-order chi connectivity index (χ0) is 23.2. The quantitative estimate of drug-likeness (QED) is 0.381. The van der Waals surface area contributed by atoms with Crippen LogP contribution in [-0.2, 0) is 11.3 Å². The predicted molar refractivity (Wildman–Crippen MR) is 118 cm³/mol. The number of methoxy groups -OCH3 is 1. The highest BCUT2D eigenvalue weighted by atomic mass is 19.1. The summed E-state index contributed by atoms with van der Waals surface area (Å²) in [5.74, 6) is -0.395. The molecule has 7 nitrogen and oxygen atoms in total. The van der Waals surface area contributed by atoms with Crippen LogP contribution in [0.1, 0.15) is 5.56 Å². The molecule has 0 amide bonds. The molecule has 4 rings (SSSR count). The molecule has 4 aromatic rings. The molecule has 0 unspecified atom stereocenters. The summed E-state index contributed by atoms with van der Waals surface area (Å²) in [5, 5.41) is 4.28. The first-order valence-corrected chi connectivity index (χ1v) is 10.1. The van der Waals surface area contributed by atoms with Crippen molar-refractivity contribution in [3.05, 3.63) is 94.5 Å². The van der Waals surface area contributed by atoms with Gasteiger partial charge < -0.3 is 9.47 Å². The zero-order valence-corrected chi connectivity index (χ0v) is 17.7. The van der Waals surface area contributed by atoms with Crippen LogP contribution in [0.4, 0.5) is 8.78 Å². The molecule has 9 heteroatoms. The van der Waals surface area contributed by atoms with Crippen LogP contribution in [0.5, 0.6) is 5.75 Å². The summed E-state index contributed by atoms with van der Waals surface area (Å²) in [6.07, 6.45) is 3.16. The number of nitrogens with zero attached hydrogens (tertiary/aromatic N) is 4. The van der Waals surface area contributed by atoms with E-state index in [1.807, 2.05) is 24.3 Å². The Balaban J connectivity index is 1.55. The first-order valence-electron chi connectivity index (χ1n) is 10.1. The largest absolute Gasteiger partial charge is 0.488 e. The van der Waals surface area contributed by atoms with Crippen LogP contribution in [-0.4, -0.2) is 40.1 Å². The Labute approximate surface area is 188 Å². The van der Waals surface area contributed by atoms with Gasteiger partial charge in [-0.25, -0.2) is 23.4 Å². The fourth-order valence-electron chi connectivity index (χ4n) is 3.18. The van der Waals surface area contributed by atoms with Crippen LogP contribution in [0, 0.1) is 11.6 Å². The molecule has 0 fully saturated rings. The lowest BCUT2D eigenvalue weighted by atomic mass is 10.1. The Morgan fingerprint density at radius 1 is 0.909 bits per heavy atom. The molecule has 0 saturated carbocycles. The number of hydrogen-bond donors (Lipinski definition) is 0. The van der Waals surface area contributed by atoms with Gasteiger partial charge in [0.15, 0.2) is 11.6 Å². The van der Waals surface area contributed by atoms with Gasteiger partial charge in [0.2, 0.25) is 0 Å². The van der Waals surface area contributed by atoms with E-state index in [0.717, 1.165) is 17.2 Å². The van der Waals surface area contributed by atoms with Crippen LogP contribution in [0.25, 0.3) is 22.6 Å². The third-order valence-electron chi connectivity index (χ3n) is 4.73. The number of aromatic nitrogens is 4. The average molecular weight is 450 g/mol. The van der Waals surface area contributed by atoms with Crippen LogP contribution < -0.4 is 10.3 Å². The van der Waals surface area contributed by atoms with Gasteiger partial charge in [0.1, 0.15) is 18.2 Å². The van der Waals surface area contributed by atoms with E-state index in [1.54, 1.807) is 19.5 Å². The molecule has 0 atom stereocenters. The molecule has 168 valence electrons. The van der Waals surface area contributed by atoms with E-state index in [0.29, 0.717) is 24.8 Å². The van der Waals surface area contributed by atoms with Gasteiger partial charge in [-0.2, -0.15) is 5.10 Å². The van der Waals surface area contributed by atoms with Gasteiger partial charge in [-0.15, -0.1) is 0 Å². The van der Waals surface area contributed by atoms with Crippen LogP contribution in [0.15, 0.2) is 71.8 Å². The van der Waals surface area contributed by atoms with Crippen molar-refractivity contribution in [2.24, 2.45) is 0 Å². The van der Waals surface area contributed by atoms with E-state index >= 15 is 0 Å². The second-order valence-electron chi connectivity index (χ2n) is 7.16.